The van der Waals surface area contributed by atoms with E-state index in [1.165, 1.54) is 10.4 Å². The molecular formula is C21H26N2O4S. The second kappa shape index (κ2) is 8.86. The van der Waals surface area contributed by atoms with Crippen molar-refractivity contribution in [1.82, 2.24) is 9.62 Å². The fraction of sp³-hybridized carbons (Fsp3) is 0.381. The van der Waals surface area contributed by atoms with Gasteiger partial charge in [0.05, 0.1) is 18.1 Å². The molecule has 2 aromatic carbocycles. The number of nitrogens with one attached hydrogen (secondary N) is 1. The van der Waals surface area contributed by atoms with Crippen LogP contribution >= 0.6 is 0 Å². The number of hydrogen-bond acceptors (Lipinski definition) is 4. The third kappa shape index (κ3) is 4.60. The van der Waals surface area contributed by atoms with E-state index < -0.39 is 10.0 Å². The van der Waals surface area contributed by atoms with Gasteiger partial charge in [-0.3, -0.25) is 4.79 Å². The number of aryl methyl sites for hydroxylation is 1. The van der Waals surface area contributed by atoms with Crippen molar-refractivity contribution in [3.05, 3.63) is 65.2 Å². The average Bonchev–Trinajstić information content (AvgIpc) is 2.73. The Labute approximate surface area is 166 Å². The van der Waals surface area contributed by atoms with Crippen LogP contribution in [-0.4, -0.2) is 51.5 Å². The van der Waals surface area contributed by atoms with Crippen LogP contribution in [0.1, 0.15) is 34.3 Å². The van der Waals surface area contributed by atoms with Gasteiger partial charge in [0, 0.05) is 25.2 Å². The Hall–Kier alpha value is -2.22. The first-order chi connectivity index (χ1) is 13.4. The van der Waals surface area contributed by atoms with Crippen LogP contribution in [0.3, 0.4) is 0 Å². The molecule has 1 fully saturated rings. The van der Waals surface area contributed by atoms with E-state index in [9.17, 15) is 13.2 Å². The van der Waals surface area contributed by atoms with Gasteiger partial charge in [-0.25, -0.2) is 8.42 Å². The minimum Gasteiger partial charge on any atom is -0.379 e. The number of morpholine rings is 1. The molecular weight excluding hydrogens is 376 g/mol. The fourth-order valence-corrected chi connectivity index (χ4v) is 4.62. The first-order valence-corrected chi connectivity index (χ1v) is 10.9. The third-order valence-corrected chi connectivity index (χ3v) is 6.89. The van der Waals surface area contributed by atoms with E-state index >= 15 is 0 Å². The Bertz CT molecular complexity index is 923. The van der Waals surface area contributed by atoms with Crippen molar-refractivity contribution in [3.8, 4) is 0 Å². The van der Waals surface area contributed by atoms with Gasteiger partial charge in [0.2, 0.25) is 10.0 Å². The van der Waals surface area contributed by atoms with Crippen molar-refractivity contribution in [2.45, 2.75) is 24.7 Å². The summed E-state index contributed by atoms with van der Waals surface area (Å²) in [7, 11) is -3.64. The normalized spacial score (nSPS) is 16.5. The maximum Gasteiger partial charge on any atom is 0.251 e. The SMILES string of the molecule is Cc1ccc(S(=O)(=O)N2CCOCC2)cc1C(=O)NCC(C)c1ccccc1. The number of amides is 1. The lowest BCUT2D eigenvalue weighted by molar-refractivity contribution is 0.0730. The number of ether oxygens (including phenoxy) is 1. The molecule has 1 unspecified atom stereocenters. The van der Waals surface area contributed by atoms with E-state index in [2.05, 4.69) is 5.32 Å². The Morgan fingerprint density at radius 1 is 1.14 bits per heavy atom. The lowest BCUT2D eigenvalue weighted by atomic mass is 10.0. The quantitative estimate of drug-likeness (QED) is 0.806. The van der Waals surface area contributed by atoms with Gasteiger partial charge in [-0.05, 0) is 36.1 Å². The van der Waals surface area contributed by atoms with Crippen molar-refractivity contribution in [1.29, 1.82) is 0 Å². The predicted molar refractivity (Wildman–Crippen MR) is 108 cm³/mol. The number of hydrogen-bond donors (Lipinski definition) is 1. The summed E-state index contributed by atoms with van der Waals surface area (Å²) in [4.78, 5) is 12.9. The smallest absolute Gasteiger partial charge is 0.251 e. The molecule has 1 atom stereocenters. The summed E-state index contributed by atoms with van der Waals surface area (Å²) >= 11 is 0. The van der Waals surface area contributed by atoms with Crippen molar-refractivity contribution in [3.63, 3.8) is 0 Å². The number of nitrogens with zero attached hydrogens (tertiary/aromatic N) is 1. The predicted octanol–water partition coefficient (Wildman–Crippen LogP) is 2.55. The standard InChI is InChI=1S/C21H26N2O4S/c1-16-8-9-19(28(25,26)23-10-12-27-13-11-23)14-20(16)21(24)22-15-17(2)18-6-4-3-5-7-18/h3-9,14,17H,10-13,15H2,1-2H3,(H,22,24). The zero-order valence-electron chi connectivity index (χ0n) is 16.2. The van der Waals surface area contributed by atoms with Crippen molar-refractivity contribution in [2.75, 3.05) is 32.8 Å². The minimum absolute atomic E-state index is 0.140. The molecule has 1 aliphatic rings. The fourth-order valence-electron chi connectivity index (χ4n) is 3.18. The summed E-state index contributed by atoms with van der Waals surface area (Å²) in [5, 5.41) is 2.93. The van der Waals surface area contributed by atoms with Gasteiger partial charge in [0.1, 0.15) is 0 Å². The second-order valence-electron chi connectivity index (χ2n) is 7.01. The van der Waals surface area contributed by atoms with E-state index in [1.807, 2.05) is 37.3 Å². The number of carbonyl (C=O) groups is 1. The van der Waals surface area contributed by atoms with Crippen LogP contribution in [0.25, 0.3) is 0 Å². The molecule has 7 heteroatoms. The van der Waals surface area contributed by atoms with E-state index in [0.29, 0.717) is 38.4 Å². The first-order valence-electron chi connectivity index (χ1n) is 9.41. The molecule has 0 aliphatic carbocycles. The summed E-state index contributed by atoms with van der Waals surface area (Å²) in [6.45, 7) is 5.75. The summed E-state index contributed by atoms with van der Waals surface area (Å²) in [6.07, 6.45) is 0. The molecule has 0 radical (unpaired) electrons. The Balaban J connectivity index is 1.74. The molecule has 0 spiro atoms. The van der Waals surface area contributed by atoms with Crippen LogP contribution in [-0.2, 0) is 14.8 Å². The zero-order valence-corrected chi connectivity index (χ0v) is 17.0. The highest BCUT2D eigenvalue weighted by Gasteiger charge is 2.27. The Morgan fingerprint density at radius 2 is 1.82 bits per heavy atom. The van der Waals surface area contributed by atoms with E-state index in [-0.39, 0.29) is 16.7 Å². The van der Waals surface area contributed by atoms with Crippen molar-refractivity contribution >= 4 is 15.9 Å². The second-order valence-corrected chi connectivity index (χ2v) is 8.95. The first kappa shape index (κ1) is 20.5. The van der Waals surface area contributed by atoms with Gasteiger partial charge < -0.3 is 10.1 Å². The topological polar surface area (TPSA) is 75.7 Å². The lowest BCUT2D eigenvalue weighted by Gasteiger charge is -2.26. The molecule has 6 nitrogen and oxygen atoms in total. The summed E-state index contributed by atoms with van der Waals surface area (Å²) in [5.74, 6) is -0.106. The minimum atomic E-state index is -3.64. The molecule has 28 heavy (non-hydrogen) atoms. The largest absolute Gasteiger partial charge is 0.379 e. The Kier molecular flexibility index (Phi) is 6.49. The molecule has 1 N–H and O–H groups in total. The van der Waals surface area contributed by atoms with Crippen LogP contribution in [0.4, 0.5) is 0 Å². The van der Waals surface area contributed by atoms with Crippen molar-refractivity contribution in [2.24, 2.45) is 0 Å². The van der Waals surface area contributed by atoms with Crippen LogP contribution in [0, 0.1) is 6.92 Å². The number of carbonyl (C=O) groups excluding carboxylic acids is 1. The molecule has 0 saturated carbocycles. The monoisotopic (exact) mass is 402 g/mol. The number of rotatable bonds is 6. The molecule has 1 amide bonds. The van der Waals surface area contributed by atoms with Crippen LogP contribution in [0.2, 0.25) is 0 Å². The van der Waals surface area contributed by atoms with Crippen LogP contribution in [0.15, 0.2) is 53.4 Å². The summed E-state index contributed by atoms with van der Waals surface area (Å²) in [5.41, 5.74) is 2.27. The zero-order chi connectivity index (χ0) is 20.1. The van der Waals surface area contributed by atoms with E-state index in [1.54, 1.807) is 19.1 Å². The number of benzene rings is 2. The van der Waals surface area contributed by atoms with Gasteiger partial charge in [-0.1, -0.05) is 43.3 Å². The average molecular weight is 403 g/mol. The lowest BCUT2D eigenvalue weighted by Crippen LogP contribution is -2.40. The van der Waals surface area contributed by atoms with Crippen molar-refractivity contribution < 1.29 is 17.9 Å². The molecule has 2 aromatic rings. The van der Waals surface area contributed by atoms with Crippen LogP contribution < -0.4 is 5.32 Å². The van der Waals surface area contributed by atoms with Gasteiger partial charge in [0.25, 0.3) is 5.91 Å². The van der Waals surface area contributed by atoms with E-state index in [4.69, 9.17) is 4.74 Å². The molecule has 1 aliphatic heterocycles. The highest BCUT2D eigenvalue weighted by molar-refractivity contribution is 7.89. The summed E-state index contributed by atoms with van der Waals surface area (Å²) < 4.78 is 32.4. The highest BCUT2D eigenvalue weighted by atomic mass is 32.2. The van der Waals surface area contributed by atoms with Crippen LogP contribution in [0.5, 0.6) is 0 Å². The molecule has 150 valence electrons. The molecule has 0 aromatic heterocycles. The van der Waals surface area contributed by atoms with Gasteiger partial charge >= 0.3 is 0 Å². The molecule has 1 saturated heterocycles. The molecule has 1 heterocycles. The third-order valence-electron chi connectivity index (χ3n) is 5.00. The van der Waals surface area contributed by atoms with Gasteiger partial charge in [-0.2, -0.15) is 4.31 Å². The van der Waals surface area contributed by atoms with Gasteiger partial charge in [-0.15, -0.1) is 0 Å². The highest BCUT2D eigenvalue weighted by Crippen LogP contribution is 2.21. The Morgan fingerprint density at radius 3 is 2.50 bits per heavy atom. The van der Waals surface area contributed by atoms with E-state index in [0.717, 1.165) is 11.1 Å². The maximum absolute atomic E-state index is 12.9. The summed E-state index contributed by atoms with van der Waals surface area (Å²) in [6, 6.07) is 14.7. The number of sulfonamides is 1. The molecule has 3 rings (SSSR count). The maximum atomic E-state index is 12.9. The van der Waals surface area contributed by atoms with Gasteiger partial charge in [0.15, 0.2) is 0 Å². The molecule has 0 bridgehead atoms.